The van der Waals surface area contributed by atoms with E-state index in [1.54, 1.807) is 6.26 Å². The lowest BCUT2D eigenvalue weighted by atomic mass is 10.0. The quantitative estimate of drug-likeness (QED) is 0.839. The Hall–Kier alpha value is -0.840. The molecule has 1 saturated heterocycles. The molecule has 3 unspecified atom stereocenters. The molecule has 0 amide bonds. The fourth-order valence-electron chi connectivity index (χ4n) is 2.36. The molecule has 2 heterocycles. The largest absolute Gasteiger partial charge is 0.468 e. The van der Waals surface area contributed by atoms with Crippen LogP contribution in [0.1, 0.15) is 25.1 Å². The van der Waals surface area contributed by atoms with Gasteiger partial charge in [0.15, 0.2) is 0 Å². The third kappa shape index (κ3) is 2.29. The predicted octanol–water partition coefficient (Wildman–Crippen LogP) is 1.39. The zero-order chi connectivity index (χ0) is 11.5. The molecule has 0 aromatic carbocycles. The number of furan rings is 1. The summed E-state index contributed by atoms with van der Waals surface area (Å²) in [6.07, 6.45) is 2.77. The fraction of sp³-hybridized carbons (Fsp3) is 0.667. The smallest absolute Gasteiger partial charge is 0.122 e. The molecular weight excluding hydrogens is 204 g/mol. The van der Waals surface area contributed by atoms with Crippen molar-refractivity contribution in [3.8, 4) is 0 Å². The summed E-state index contributed by atoms with van der Waals surface area (Å²) in [6.45, 7) is 3.65. The molecule has 0 aliphatic carbocycles. The van der Waals surface area contributed by atoms with Gasteiger partial charge in [0.2, 0.25) is 0 Å². The van der Waals surface area contributed by atoms with E-state index < -0.39 is 0 Å². The van der Waals surface area contributed by atoms with E-state index in [1.165, 1.54) is 0 Å². The van der Waals surface area contributed by atoms with Gasteiger partial charge in [-0.25, -0.2) is 0 Å². The Morgan fingerprint density at radius 2 is 2.38 bits per heavy atom. The van der Waals surface area contributed by atoms with Gasteiger partial charge in [0, 0.05) is 18.7 Å². The summed E-state index contributed by atoms with van der Waals surface area (Å²) >= 11 is 0. The molecule has 1 aromatic rings. The molecule has 3 atom stereocenters. The summed E-state index contributed by atoms with van der Waals surface area (Å²) in [7, 11) is 2.09. The Morgan fingerprint density at radius 3 is 2.88 bits per heavy atom. The first-order valence-electron chi connectivity index (χ1n) is 5.79. The van der Waals surface area contributed by atoms with Crippen molar-refractivity contribution in [2.24, 2.45) is 5.73 Å². The number of rotatable bonds is 4. The minimum atomic E-state index is 0.0387. The van der Waals surface area contributed by atoms with E-state index in [1.807, 2.05) is 19.1 Å². The lowest BCUT2D eigenvalue weighted by Crippen LogP contribution is -2.43. The molecule has 1 aromatic heterocycles. The minimum absolute atomic E-state index is 0.0387. The Labute approximate surface area is 96.4 Å². The van der Waals surface area contributed by atoms with E-state index in [0.717, 1.165) is 25.4 Å². The van der Waals surface area contributed by atoms with Gasteiger partial charge < -0.3 is 14.9 Å². The number of hydrogen-bond acceptors (Lipinski definition) is 4. The Morgan fingerprint density at radius 1 is 1.56 bits per heavy atom. The van der Waals surface area contributed by atoms with E-state index in [9.17, 15) is 0 Å². The molecule has 1 fully saturated rings. The number of ether oxygens (including phenoxy) is 1. The zero-order valence-corrected chi connectivity index (χ0v) is 9.93. The van der Waals surface area contributed by atoms with Crippen LogP contribution in [0.4, 0.5) is 0 Å². The summed E-state index contributed by atoms with van der Waals surface area (Å²) in [4.78, 5) is 2.27. The maximum Gasteiger partial charge on any atom is 0.122 e. The molecule has 0 spiro atoms. The highest BCUT2D eigenvalue weighted by molar-refractivity contribution is 5.07. The highest BCUT2D eigenvalue weighted by Crippen LogP contribution is 2.27. The van der Waals surface area contributed by atoms with Crippen molar-refractivity contribution in [3.05, 3.63) is 24.2 Å². The van der Waals surface area contributed by atoms with Crippen LogP contribution in [-0.2, 0) is 4.74 Å². The maximum atomic E-state index is 6.05. The summed E-state index contributed by atoms with van der Waals surface area (Å²) < 4.78 is 10.9. The molecule has 0 radical (unpaired) electrons. The lowest BCUT2D eigenvalue weighted by molar-refractivity contribution is 0.112. The van der Waals surface area contributed by atoms with Crippen molar-refractivity contribution < 1.29 is 9.15 Å². The number of hydrogen-bond donors (Lipinski definition) is 1. The van der Waals surface area contributed by atoms with Crippen LogP contribution in [0.5, 0.6) is 0 Å². The SMILES string of the molecule is CC(N)C(c1ccco1)N(C)C1CCOC1. The molecule has 0 saturated carbocycles. The molecule has 2 rings (SSSR count). The average Bonchev–Trinajstić information content (AvgIpc) is 2.89. The van der Waals surface area contributed by atoms with Crippen molar-refractivity contribution >= 4 is 0 Å². The Kier molecular flexibility index (Phi) is 3.63. The van der Waals surface area contributed by atoms with E-state index in [4.69, 9.17) is 14.9 Å². The number of nitrogens with zero attached hydrogens (tertiary/aromatic N) is 1. The van der Waals surface area contributed by atoms with Crippen LogP contribution in [0.15, 0.2) is 22.8 Å². The number of nitrogens with two attached hydrogens (primary N) is 1. The first-order valence-corrected chi connectivity index (χ1v) is 5.79. The van der Waals surface area contributed by atoms with Crippen molar-refractivity contribution in [1.82, 2.24) is 4.90 Å². The maximum absolute atomic E-state index is 6.05. The van der Waals surface area contributed by atoms with Crippen LogP contribution in [0.2, 0.25) is 0 Å². The summed E-state index contributed by atoms with van der Waals surface area (Å²) in [5, 5.41) is 0. The molecule has 4 heteroatoms. The van der Waals surface area contributed by atoms with Gasteiger partial charge in [-0.05, 0) is 32.5 Å². The molecule has 1 aliphatic heterocycles. The van der Waals surface area contributed by atoms with Crippen LogP contribution in [0, 0.1) is 0 Å². The monoisotopic (exact) mass is 224 g/mol. The first kappa shape index (κ1) is 11.6. The van der Waals surface area contributed by atoms with Crippen LogP contribution < -0.4 is 5.73 Å². The van der Waals surface area contributed by atoms with Crippen molar-refractivity contribution in [3.63, 3.8) is 0 Å². The van der Waals surface area contributed by atoms with Gasteiger partial charge in [-0.15, -0.1) is 0 Å². The van der Waals surface area contributed by atoms with Gasteiger partial charge >= 0.3 is 0 Å². The van der Waals surface area contributed by atoms with E-state index in [-0.39, 0.29) is 12.1 Å². The lowest BCUT2D eigenvalue weighted by Gasteiger charge is -2.33. The Bertz CT molecular complexity index is 305. The van der Waals surface area contributed by atoms with Crippen molar-refractivity contribution in [2.45, 2.75) is 31.5 Å². The molecule has 2 N–H and O–H groups in total. The molecule has 0 bridgehead atoms. The summed E-state index contributed by atoms with van der Waals surface area (Å²) in [5.74, 6) is 0.935. The van der Waals surface area contributed by atoms with E-state index in [0.29, 0.717) is 6.04 Å². The Balaban J connectivity index is 2.12. The van der Waals surface area contributed by atoms with Gasteiger partial charge in [0.25, 0.3) is 0 Å². The van der Waals surface area contributed by atoms with Crippen LogP contribution in [0.25, 0.3) is 0 Å². The van der Waals surface area contributed by atoms with Crippen LogP contribution >= 0.6 is 0 Å². The second kappa shape index (κ2) is 4.99. The molecule has 4 nitrogen and oxygen atoms in total. The number of likely N-dealkylation sites (N-methyl/N-ethyl adjacent to an activating group) is 1. The van der Waals surface area contributed by atoms with Crippen molar-refractivity contribution in [1.29, 1.82) is 0 Å². The first-order chi connectivity index (χ1) is 7.70. The molecular formula is C12H20N2O2. The average molecular weight is 224 g/mol. The van der Waals surface area contributed by atoms with Crippen molar-refractivity contribution in [2.75, 3.05) is 20.3 Å². The van der Waals surface area contributed by atoms with Gasteiger partial charge in [0.1, 0.15) is 5.76 Å². The fourth-order valence-corrected chi connectivity index (χ4v) is 2.36. The predicted molar refractivity (Wildman–Crippen MR) is 62.1 cm³/mol. The van der Waals surface area contributed by atoms with Gasteiger partial charge in [0.05, 0.1) is 18.9 Å². The summed E-state index contributed by atoms with van der Waals surface area (Å²) in [6, 6.07) is 4.50. The zero-order valence-electron chi connectivity index (χ0n) is 9.93. The molecule has 1 aliphatic rings. The molecule has 90 valence electrons. The van der Waals surface area contributed by atoms with Crippen LogP contribution in [0.3, 0.4) is 0 Å². The second-order valence-electron chi connectivity index (χ2n) is 4.50. The topological polar surface area (TPSA) is 51.6 Å². The third-order valence-corrected chi connectivity index (χ3v) is 3.25. The van der Waals surface area contributed by atoms with Gasteiger partial charge in [-0.2, -0.15) is 0 Å². The standard InChI is InChI=1S/C12H20N2O2/c1-9(13)12(11-4-3-6-16-11)14(2)10-5-7-15-8-10/h3-4,6,9-10,12H,5,7-8,13H2,1-2H3. The molecule has 16 heavy (non-hydrogen) atoms. The highest BCUT2D eigenvalue weighted by Gasteiger charge is 2.30. The minimum Gasteiger partial charge on any atom is -0.468 e. The summed E-state index contributed by atoms with van der Waals surface area (Å²) in [5.41, 5.74) is 6.05. The van der Waals surface area contributed by atoms with Gasteiger partial charge in [-0.3, -0.25) is 4.90 Å². The van der Waals surface area contributed by atoms with E-state index in [2.05, 4.69) is 11.9 Å². The van der Waals surface area contributed by atoms with Gasteiger partial charge in [-0.1, -0.05) is 0 Å². The van der Waals surface area contributed by atoms with E-state index >= 15 is 0 Å². The second-order valence-corrected chi connectivity index (χ2v) is 4.50. The third-order valence-electron chi connectivity index (χ3n) is 3.25. The van der Waals surface area contributed by atoms with Crippen LogP contribution in [-0.4, -0.2) is 37.2 Å². The highest BCUT2D eigenvalue weighted by atomic mass is 16.5. The normalized spacial score (nSPS) is 24.9.